The molecule has 1 aliphatic heterocycles. The van der Waals surface area contributed by atoms with Crippen molar-refractivity contribution in [2.75, 3.05) is 36.8 Å². The van der Waals surface area contributed by atoms with Crippen molar-refractivity contribution in [3.63, 3.8) is 0 Å². The third-order valence-electron chi connectivity index (χ3n) is 5.62. The third-order valence-corrected chi connectivity index (χ3v) is 6.43. The van der Waals surface area contributed by atoms with Gasteiger partial charge >= 0.3 is 0 Å². The molecule has 0 bridgehead atoms. The number of piperazine rings is 1. The summed E-state index contributed by atoms with van der Waals surface area (Å²) in [7, 11) is 0. The quantitative estimate of drug-likeness (QED) is 0.429. The largest absolute Gasteiger partial charge is 0.431 e. The fourth-order valence-electron chi connectivity index (χ4n) is 3.81. The van der Waals surface area contributed by atoms with Crippen LogP contribution in [0.2, 0.25) is 0 Å². The second-order valence-electron chi connectivity index (χ2n) is 7.70. The van der Waals surface area contributed by atoms with E-state index in [1.54, 1.807) is 0 Å². The molecule has 1 saturated heterocycles. The highest BCUT2D eigenvalue weighted by Gasteiger charge is 2.23. The highest BCUT2D eigenvalue weighted by molar-refractivity contribution is 7.99. The van der Waals surface area contributed by atoms with Crippen LogP contribution in [0.3, 0.4) is 0 Å². The van der Waals surface area contributed by atoms with Gasteiger partial charge in [-0.2, -0.15) is 0 Å². The van der Waals surface area contributed by atoms with Crippen molar-refractivity contribution in [2.45, 2.75) is 12.1 Å². The smallest absolute Gasteiger partial charge is 0.257 e. The van der Waals surface area contributed by atoms with Gasteiger partial charge in [-0.15, -0.1) is 10.2 Å². The van der Waals surface area contributed by atoms with Gasteiger partial charge in [0.05, 0.1) is 11.4 Å². The van der Waals surface area contributed by atoms with E-state index in [0.29, 0.717) is 24.1 Å². The molecule has 0 atom stereocenters. The van der Waals surface area contributed by atoms with E-state index < -0.39 is 0 Å². The Bertz CT molecular complexity index is 1200. The fraction of sp³-hybridized carbons (Fsp3) is 0.250. The fourth-order valence-corrected chi connectivity index (χ4v) is 4.55. The van der Waals surface area contributed by atoms with Crippen LogP contribution in [-0.2, 0) is 4.79 Å². The lowest BCUT2D eigenvalue weighted by atomic mass is 10.1. The summed E-state index contributed by atoms with van der Waals surface area (Å²) in [5.74, 6) is 1.26. The summed E-state index contributed by atoms with van der Waals surface area (Å²) >= 11 is 1.34. The van der Waals surface area contributed by atoms with Crippen LogP contribution >= 0.6 is 11.8 Å². The van der Waals surface area contributed by atoms with Crippen LogP contribution in [0.1, 0.15) is 5.56 Å². The maximum atomic E-state index is 12.7. The zero-order valence-electron chi connectivity index (χ0n) is 17.8. The Morgan fingerprint density at radius 2 is 1.75 bits per heavy atom. The maximum Gasteiger partial charge on any atom is 0.257 e. The van der Waals surface area contributed by atoms with Gasteiger partial charge in [-0.25, -0.2) is 4.98 Å². The zero-order valence-corrected chi connectivity index (χ0v) is 18.6. The first-order chi connectivity index (χ1) is 15.7. The Labute approximate surface area is 190 Å². The molecule has 32 heavy (non-hydrogen) atoms. The Morgan fingerprint density at radius 1 is 0.969 bits per heavy atom. The number of amides is 1. The summed E-state index contributed by atoms with van der Waals surface area (Å²) in [6.45, 7) is 4.86. The van der Waals surface area contributed by atoms with Crippen molar-refractivity contribution < 1.29 is 9.21 Å². The van der Waals surface area contributed by atoms with E-state index in [1.165, 1.54) is 17.3 Å². The number of oxazole rings is 1. The normalized spacial score (nSPS) is 14.2. The van der Waals surface area contributed by atoms with Crippen LogP contribution in [0.4, 0.5) is 5.82 Å². The van der Waals surface area contributed by atoms with E-state index in [0.717, 1.165) is 41.3 Å². The number of hydrogen-bond donors (Lipinski definition) is 0. The average Bonchev–Trinajstić information content (AvgIpc) is 3.26. The van der Waals surface area contributed by atoms with Gasteiger partial charge in [0.15, 0.2) is 11.4 Å². The number of hydrogen-bond acceptors (Lipinski definition) is 7. The Morgan fingerprint density at radius 3 is 2.50 bits per heavy atom. The van der Waals surface area contributed by atoms with Crippen molar-refractivity contribution >= 4 is 34.6 Å². The van der Waals surface area contributed by atoms with Gasteiger partial charge in [-0.1, -0.05) is 48.2 Å². The van der Waals surface area contributed by atoms with Crippen molar-refractivity contribution in [3.05, 3.63) is 66.2 Å². The van der Waals surface area contributed by atoms with E-state index in [4.69, 9.17) is 4.42 Å². The molecule has 2 aromatic heterocycles. The van der Waals surface area contributed by atoms with Gasteiger partial charge in [0, 0.05) is 31.7 Å². The standard InChI is InChI=1S/C24H23N5O2S/c1-17-6-2-3-7-18(17)19-10-11-22(27-26-19)28-12-14-29(15-13-28)23(30)16-32-24-25-20-8-4-5-9-21(20)31-24/h2-11H,12-16H2,1H3. The van der Waals surface area contributed by atoms with Crippen LogP contribution in [0.5, 0.6) is 0 Å². The monoisotopic (exact) mass is 445 g/mol. The van der Waals surface area contributed by atoms with E-state index in [-0.39, 0.29) is 5.91 Å². The molecule has 1 fully saturated rings. The average molecular weight is 446 g/mol. The molecule has 2 aromatic carbocycles. The molecule has 0 spiro atoms. The van der Waals surface area contributed by atoms with Gasteiger partial charge in [0.2, 0.25) is 5.91 Å². The van der Waals surface area contributed by atoms with Crippen LogP contribution < -0.4 is 4.90 Å². The van der Waals surface area contributed by atoms with Gasteiger partial charge < -0.3 is 14.2 Å². The van der Waals surface area contributed by atoms with Crippen LogP contribution in [0.15, 0.2) is 70.3 Å². The molecule has 8 heteroatoms. The van der Waals surface area contributed by atoms with Gasteiger partial charge in [-0.3, -0.25) is 4.79 Å². The van der Waals surface area contributed by atoms with Crippen molar-refractivity contribution in [1.29, 1.82) is 0 Å². The van der Waals surface area contributed by atoms with Gasteiger partial charge in [-0.05, 0) is 36.8 Å². The van der Waals surface area contributed by atoms with E-state index in [9.17, 15) is 4.79 Å². The summed E-state index contributed by atoms with van der Waals surface area (Å²) in [4.78, 5) is 21.1. The highest BCUT2D eigenvalue weighted by Crippen LogP contribution is 2.24. The summed E-state index contributed by atoms with van der Waals surface area (Å²) in [6, 6.07) is 19.8. The summed E-state index contributed by atoms with van der Waals surface area (Å²) in [5, 5.41) is 9.39. The first-order valence-corrected chi connectivity index (χ1v) is 11.6. The number of anilines is 1. The summed E-state index contributed by atoms with van der Waals surface area (Å²) < 4.78 is 5.69. The van der Waals surface area contributed by atoms with Crippen LogP contribution in [0, 0.1) is 6.92 Å². The number of para-hydroxylation sites is 2. The van der Waals surface area contributed by atoms with Crippen molar-refractivity contribution in [1.82, 2.24) is 20.1 Å². The van der Waals surface area contributed by atoms with Crippen molar-refractivity contribution in [2.24, 2.45) is 0 Å². The number of aryl methyl sites for hydroxylation is 1. The SMILES string of the molecule is Cc1ccccc1-c1ccc(N2CCN(C(=O)CSc3nc4ccccc4o3)CC2)nn1. The molecule has 162 valence electrons. The lowest BCUT2D eigenvalue weighted by molar-refractivity contribution is -0.128. The second-order valence-corrected chi connectivity index (χ2v) is 8.62. The number of rotatable bonds is 5. The molecule has 0 radical (unpaired) electrons. The molecule has 7 nitrogen and oxygen atoms in total. The lowest BCUT2D eigenvalue weighted by Gasteiger charge is -2.35. The molecule has 1 amide bonds. The Balaban J connectivity index is 1.15. The third kappa shape index (κ3) is 4.31. The number of carbonyl (C=O) groups is 1. The first kappa shape index (κ1) is 20.5. The predicted molar refractivity (Wildman–Crippen MR) is 126 cm³/mol. The number of benzene rings is 2. The number of aromatic nitrogens is 3. The molecule has 0 aliphatic carbocycles. The number of nitrogens with zero attached hydrogens (tertiary/aromatic N) is 5. The highest BCUT2D eigenvalue weighted by atomic mass is 32.2. The summed E-state index contributed by atoms with van der Waals surface area (Å²) in [5.41, 5.74) is 4.70. The Kier molecular flexibility index (Phi) is 5.77. The number of fused-ring (bicyclic) bond motifs is 1. The maximum absolute atomic E-state index is 12.7. The number of carbonyl (C=O) groups excluding carboxylic acids is 1. The van der Waals surface area contributed by atoms with E-state index in [2.05, 4.69) is 39.1 Å². The Hall–Kier alpha value is -3.39. The second kappa shape index (κ2) is 9.00. The lowest BCUT2D eigenvalue weighted by Crippen LogP contribution is -2.49. The molecule has 5 rings (SSSR count). The predicted octanol–water partition coefficient (Wildman–Crippen LogP) is 4.03. The van der Waals surface area contributed by atoms with Gasteiger partial charge in [0.25, 0.3) is 5.22 Å². The van der Waals surface area contributed by atoms with Gasteiger partial charge in [0.1, 0.15) is 5.52 Å². The molecule has 1 aliphatic rings. The van der Waals surface area contributed by atoms with Crippen LogP contribution in [-0.4, -0.2) is 57.9 Å². The first-order valence-electron chi connectivity index (χ1n) is 10.6. The molecular weight excluding hydrogens is 422 g/mol. The van der Waals surface area contributed by atoms with Crippen molar-refractivity contribution in [3.8, 4) is 11.3 Å². The van der Waals surface area contributed by atoms with Crippen LogP contribution in [0.25, 0.3) is 22.4 Å². The molecule has 0 N–H and O–H groups in total. The minimum atomic E-state index is 0.0953. The summed E-state index contributed by atoms with van der Waals surface area (Å²) in [6.07, 6.45) is 0. The van der Waals surface area contributed by atoms with E-state index in [1.807, 2.05) is 53.4 Å². The minimum absolute atomic E-state index is 0.0953. The molecule has 0 saturated carbocycles. The van der Waals surface area contributed by atoms with E-state index >= 15 is 0 Å². The molecule has 0 unspecified atom stereocenters. The minimum Gasteiger partial charge on any atom is -0.431 e. The molecule has 4 aromatic rings. The zero-order chi connectivity index (χ0) is 21.9. The molecular formula is C24H23N5O2S. The number of thioether (sulfide) groups is 1. The molecule has 3 heterocycles. The topological polar surface area (TPSA) is 75.4 Å².